The first kappa shape index (κ1) is 15.4. The highest BCUT2D eigenvalue weighted by Gasteiger charge is 2.15. The number of hydrogen-bond acceptors (Lipinski definition) is 1. The molecule has 0 amide bonds. The Hall–Kier alpha value is -1.02. The van der Waals surface area contributed by atoms with Crippen LogP contribution in [-0.4, -0.2) is 0 Å². The van der Waals surface area contributed by atoms with Crippen molar-refractivity contribution in [1.29, 1.82) is 0 Å². The summed E-state index contributed by atoms with van der Waals surface area (Å²) in [7, 11) is 0. The number of nitrogens with one attached hydrogen (secondary N) is 1. The van der Waals surface area contributed by atoms with Crippen LogP contribution < -0.4 is 5.32 Å². The predicted octanol–water partition coefficient (Wildman–Crippen LogP) is 5.80. The van der Waals surface area contributed by atoms with Gasteiger partial charge in [0.05, 0.1) is 0 Å². The molecule has 0 aliphatic rings. The molecule has 2 aromatic rings. The molecule has 0 saturated heterocycles. The molecule has 2 aromatic carbocycles. The minimum atomic E-state index is 0.198. The summed E-state index contributed by atoms with van der Waals surface area (Å²) in [6.45, 7) is 4.31. The van der Waals surface area contributed by atoms with Crippen molar-refractivity contribution in [2.75, 3.05) is 0 Å². The Bertz CT molecular complexity index is 551. The summed E-state index contributed by atoms with van der Waals surface area (Å²) in [5, 5.41) is 5.20. The van der Waals surface area contributed by atoms with Crippen LogP contribution in [0.1, 0.15) is 43.5 Å². The second-order valence-corrected chi connectivity index (χ2v) is 5.77. The highest BCUT2D eigenvalue weighted by atomic mass is 35.5. The first-order valence-corrected chi connectivity index (χ1v) is 7.63. The molecule has 0 heterocycles. The van der Waals surface area contributed by atoms with Crippen LogP contribution in [0.3, 0.4) is 0 Å². The van der Waals surface area contributed by atoms with Crippen LogP contribution in [0.5, 0.6) is 0 Å². The standard InChI is InChI=1S/C17H19Cl2N/c1-3-17(13-8-10-14(18)11-9-13)20-12(2)15-6-4-5-7-16(15)19/h4-12,17,20H,3H2,1-2H3/t12-,17?/m0/s1. The fourth-order valence-electron chi connectivity index (χ4n) is 2.36. The van der Waals surface area contributed by atoms with E-state index in [1.807, 2.05) is 30.3 Å². The summed E-state index contributed by atoms with van der Waals surface area (Å²) in [5.41, 5.74) is 2.37. The van der Waals surface area contributed by atoms with Gasteiger partial charge >= 0.3 is 0 Å². The highest BCUT2D eigenvalue weighted by Crippen LogP contribution is 2.27. The minimum Gasteiger partial charge on any atom is -0.303 e. The normalized spacial score (nSPS) is 14.0. The van der Waals surface area contributed by atoms with Gasteiger partial charge in [-0.15, -0.1) is 0 Å². The van der Waals surface area contributed by atoms with Crippen LogP contribution in [0, 0.1) is 0 Å². The van der Waals surface area contributed by atoms with E-state index >= 15 is 0 Å². The van der Waals surface area contributed by atoms with E-state index in [0.29, 0.717) is 6.04 Å². The maximum atomic E-state index is 6.26. The Morgan fingerprint density at radius 3 is 2.25 bits per heavy atom. The van der Waals surface area contributed by atoms with Crippen molar-refractivity contribution >= 4 is 23.2 Å². The largest absolute Gasteiger partial charge is 0.303 e. The monoisotopic (exact) mass is 307 g/mol. The summed E-state index contributed by atoms with van der Waals surface area (Å²) in [4.78, 5) is 0. The van der Waals surface area contributed by atoms with Gasteiger partial charge in [0.2, 0.25) is 0 Å². The first-order valence-electron chi connectivity index (χ1n) is 6.87. The second kappa shape index (κ2) is 7.12. The lowest BCUT2D eigenvalue weighted by molar-refractivity contribution is 0.456. The van der Waals surface area contributed by atoms with Crippen molar-refractivity contribution in [2.24, 2.45) is 0 Å². The van der Waals surface area contributed by atoms with E-state index in [1.165, 1.54) is 5.56 Å². The summed E-state index contributed by atoms with van der Waals surface area (Å²) in [5.74, 6) is 0. The zero-order chi connectivity index (χ0) is 14.5. The first-order chi connectivity index (χ1) is 9.61. The molecule has 0 spiro atoms. The van der Waals surface area contributed by atoms with Gasteiger partial charge < -0.3 is 5.32 Å². The van der Waals surface area contributed by atoms with Crippen molar-refractivity contribution in [2.45, 2.75) is 32.4 Å². The van der Waals surface area contributed by atoms with Crippen molar-refractivity contribution in [3.63, 3.8) is 0 Å². The lowest BCUT2D eigenvalue weighted by Gasteiger charge is -2.23. The topological polar surface area (TPSA) is 12.0 Å². The minimum absolute atomic E-state index is 0.198. The molecule has 0 bridgehead atoms. The zero-order valence-corrected chi connectivity index (χ0v) is 13.2. The van der Waals surface area contributed by atoms with Gasteiger partial charge in [0.1, 0.15) is 0 Å². The van der Waals surface area contributed by atoms with Crippen molar-refractivity contribution in [1.82, 2.24) is 5.32 Å². The van der Waals surface area contributed by atoms with Crippen LogP contribution in [0.25, 0.3) is 0 Å². The van der Waals surface area contributed by atoms with E-state index in [2.05, 4.69) is 37.4 Å². The molecule has 0 aliphatic carbocycles. The van der Waals surface area contributed by atoms with Gasteiger partial charge in [0.15, 0.2) is 0 Å². The SMILES string of the molecule is CCC(N[C@@H](C)c1ccccc1Cl)c1ccc(Cl)cc1. The average molecular weight is 308 g/mol. The summed E-state index contributed by atoms with van der Waals surface area (Å²) in [6.07, 6.45) is 1.01. The summed E-state index contributed by atoms with van der Waals surface area (Å²) in [6, 6.07) is 16.5. The molecule has 1 unspecified atom stereocenters. The zero-order valence-electron chi connectivity index (χ0n) is 11.7. The molecule has 0 radical (unpaired) electrons. The quantitative estimate of drug-likeness (QED) is 0.736. The molecule has 0 aliphatic heterocycles. The Balaban J connectivity index is 2.14. The van der Waals surface area contributed by atoms with Crippen LogP contribution in [-0.2, 0) is 0 Å². The number of hydrogen-bond donors (Lipinski definition) is 1. The Labute approximate surface area is 130 Å². The fraction of sp³-hybridized carbons (Fsp3) is 0.294. The number of halogens is 2. The fourth-order valence-corrected chi connectivity index (χ4v) is 2.79. The molecular formula is C17H19Cl2N. The summed E-state index contributed by atoms with van der Waals surface area (Å²) < 4.78 is 0. The van der Waals surface area contributed by atoms with Crippen LogP contribution in [0.15, 0.2) is 48.5 Å². The third-order valence-corrected chi connectivity index (χ3v) is 4.10. The van der Waals surface area contributed by atoms with Crippen molar-refractivity contribution in [3.05, 3.63) is 69.7 Å². The van der Waals surface area contributed by atoms with E-state index in [4.69, 9.17) is 23.2 Å². The van der Waals surface area contributed by atoms with Crippen LogP contribution in [0.2, 0.25) is 10.0 Å². The van der Waals surface area contributed by atoms with E-state index in [0.717, 1.165) is 22.0 Å². The molecule has 3 heteroatoms. The maximum Gasteiger partial charge on any atom is 0.0453 e. The molecule has 1 nitrogen and oxygen atoms in total. The van der Waals surface area contributed by atoms with E-state index in [9.17, 15) is 0 Å². The maximum absolute atomic E-state index is 6.26. The van der Waals surface area contributed by atoms with Gasteiger partial charge in [-0.25, -0.2) is 0 Å². The van der Waals surface area contributed by atoms with E-state index in [1.54, 1.807) is 0 Å². The van der Waals surface area contributed by atoms with Gasteiger partial charge in [-0.2, -0.15) is 0 Å². The Morgan fingerprint density at radius 1 is 1.00 bits per heavy atom. The van der Waals surface area contributed by atoms with E-state index in [-0.39, 0.29) is 6.04 Å². The smallest absolute Gasteiger partial charge is 0.0453 e. The van der Waals surface area contributed by atoms with Crippen LogP contribution in [0.4, 0.5) is 0 Å². The van der Waals surface area contributed by atoms with Crippen LogP contribution >= 0.6 is 23.2 Å². The summed E-state index contributed by atoms with van der Waals surface area (Å²) >= 11 is 12.2. The lowest BCUT2D eigenvalue weighted by atomic mass is 10.0. The predicted molar refractivity (Wildman–Crippen MR) is 87.5 cm³/mol. The number of rotatable bonds is 5. The molecule has 0 saturated carbocycles. The molecule has 0 aromatic heterocycles. The molecule has 106 valence electrons. The van der Waals surface area contributed by atoms with Gasteiger partial charge in [-0.1, -0.05) is 60.5 Å². The number of benzene rings is 2. The third kappa shape index (κ3) is 3.76. The van der Waals surface area contributed by atoms with Crippen molar-refractivity contribution in [3.8, 4) is 0 Å². The van der Waals surface area contributed by atoms with Gasteiger partial charge in [0, 0.05) is 22.1 Å². The van der Waals surface area contributed by atoms with Gasteiger partial charge in [-0.05, 0) is 42.7 Å². The lowest BCUT2D eigenvalue weighted by Crippen LogP contribution is -2.24. The second-order valence-electron chi connectivity index (χ2n) is 4.92. The van der Waals surface area contributed by atoms with Gasteiger partial charge in [0.25, 0.3) is 0 Å². The molecule has 2 rings (SSSR count). The molecule has 0 fully saturated rings. The van der Waals surface area contributed by atoms with E-state index < -0.39 is 0 Å². The molecule has 20 heavy (non-hydrogen) atoms. The molecular weight excluding hydrogens is 289 g/mol. The van der Waals surface area contributed by atoms with Crippen molar-refractivity contribution < 1.29 is 0 Å². The Morgan fingerprint density at radius 2 is 1.65 bits per heavy atom. The third-order valence-electron chi connectivity index (χ3n) is 3.50. The van der Waals surface area contributed by atoms with Gasteiger partial charge in [-0.3, -0.25) is 0 Å². The average Bonchev–Trinajstić information content (AvgIpc) is 2.46. The Kier molecular flexibility index (Phi) is 5.47. The highest BCUT2D eigenvalue weighted by molar-refractivity contribution is 6.31. The molecule has 1 N–H and O–H groups in total. The molecule has 2 atom stereocenters.